The first kappa shape index (κ1) is 37.6. The minimum absolute atomic E-state index is 0.131. The molecule has 15 heteroatoms. The third-order valence-corrected chi connectivity index (χ3v) is 9.19. The molecule has 3 heterocycles. The van der Waals surface area contributed by atoms with E-state index < -0.39 is 34.6 Å². The Hall–Kier alpha value is -4.66. The van der Waals surface area contributed by atoms with E-state index in [1.807, 2.05) is 45.0 Å². The predicted molar refractivity (Wildman–Crippen MR) is 190 cm³/mol. The minimum atomic E-state index is -1.19. The second-order valence-electron chi connectivity index (χ2n) is 16.2. The highest BCUT2D eigenvalue weighted by Gasteiger charge is 2.55. The third-order valence-electron chi connectivity index (χ3n) is 9.19. The number of alkyl carbamates (subject to hydrolysis) is 2. The second kappa shape index (κ2) is 14.5. The average Bonchev–Trinajstić information content (AvgIpc) is 3.48. The van der Waals surface area contributed by atoms with Crippen molar-refractivity contribution >= 4 is 29.9 Å². The van der Waals surface area contributed by atoms with E-state index >= 15 is 0 Å². The summed E-state index contributed by atoms with van der Waals surface area (Å²) in [5, 5.41) is 8.22. The zero-order valence-corrected chi connectivity index (χ0v) is 30.9. The van der Waals surface area contributed by atoms with Crippen molar-refractivity contribution in [3.8, 4) is 5.69 Å². The molecule has 2 aliphatic heterocycles. The number of anilines is 1. The number of benzene rings is 1. The highest BCUT2D eigenvalue weighted by atomic mass is 16.6. The van der Waals surface area contributed by atoms with Crippen molar-refractivity contribution in [2.24, 2.45) is 17.8 Å². The number of ether oxygens (including phenoxy) is 2. The van der Waals surface area contributed by atoms with Gasteiger partial charge in [0.1, 0.15) is 22.6 Å². The van der Waals surface area contributed by atoms with Crippen molar-refractivity contribution in [3.05, 3.63) is 52.6 Å². The molecule has 3 aliphatic rings. The number of carbonyl (C=O) groups excluding carboxylic acids is 4. The van der Waals surface area contributed by atoms with Crippen LogP contribution in [0.1, 0.15) is 61.0 Å². The summed E-state index contributed by atoms with van der Waals surface area (Å²) in [6.45, 7) is 18.6. The second-order valence-corrected chi connectivity index (χ2v) is 16.2. The predicted octanol–water partition coefficient (Wildman–Crippen LogP) is 3.41. The van der Waals surface area contributed by atoms with E-state index in [1.165, 1.54) is 4.57 Å². The summed E-state index contributed by atoms with van der Waals surface area (Å²) >= 11 is 0. The van der Waals surface area contributed by atoms with Crippen LogP contribution in [0.25, 0.3) is 5.69 Å². The summed E-state index contributed by atoms with van der Waals surface area (Å²) in [7, 11) is 0. The lowest BCUT2D eigenvalue weighted by Crippen LogP contribution is -2.60. The summed E-state index contributed by atoms with van der Waals surface area (Å²) < 4.78 is 12.0. The number of likely N-dealkylation sites (tertiary alicyclic amines) is 1. The van der Waals surface area contributed by atoms with Gasteiger partial charge in [-0.15, -0.1) is 0 Å². The number of rotatable bonds is 8. The molecule has 0 spiro atoms. The molecule has 2 unspecified atom stereocenters. The number of amides is 5. The van der Waals surface area contributed by atoms with Crippen LogP contribution in [0.3, 0.4) is 0 Å². The van der Waals surface area contributed by atoms with Gasteiger partial charge in [0.05, 0.1) is 5.69 Å². The fraction of sp³-hybridized carbons (Fsp3) is 0.611. The molecule has 5 rings (SSSR count). The van der Waals surface area contributed by atoms with Gasteiger partial charge >= 0.3 is 23.9 Å². The van der Waals surface area contributed by atoms with Crippen LogP contribution in [0.2, 0.25) is 0 Å². The van der Waals surface area contributed by atoms with Crippen molar-refractivity contribution in [1.29, 1.82) is 0 Å². The number of nitrogens with one attached hydrogen (secondary N) is 3. The number of hydrogen-bond donors (Lipinski definition) is 3. The van der Waals surface area contributed by atoms with Crippen molar-refractivity contribution < 1.29 is 28.7 Å². The molecule has 1 saturated carbocycles. The molecule has 2 aromatic rings. The molecule has 15 nitrogen and oxygen atoms in total. The Balaban J connectivity index is 1.05. The Morgan fingerprint density at radius 2 is 1.37 bits per heavy atom. The molecule has 3 fully saturated rings. The van der Waals surface area contributed by atoms with Crippen LogP contribution in [0.4, 0.5) is 20.2 Å². The molecule has 51 heavy (non-hydrogen) atoms. The Kier molecular flexibility index (Phi) is 10.7. The van der Waals surface area contributed by atoms with Crippen LogP contribution in [0.5, 0.6) is 0 Å². The van der Waals surface area contributed by atoms with Gasteiger partial charge in [0.2, 0.25) is 5.91 Å². The quantitative estimate of drug-likeness (QED) is 0.372. The molecule has 5 amide bonds. The van der Waals surface area contributed by atoms with Gasteiger partial charge in [0, 0.05) is 58.6 Å². The van der Waals surface area contributed by atoms with E-state index in [0.29, 0.717) is 30.0 Å². The Labute approximate surface area is 299 Å². The zero-order valence-electron chi connectivity index (χ0n) is 30.9. The van der Waals surface area contributed by atoms with Gasteiger partial charge in [0.25, 0.3) is 0 Å². The van der Waals surface area contributed by atoms with Gasteiger partial charge in [-0.1, -0.05) is 12.1 Å². The van der Waals surface area contributed by atoms with Gasteiger partial charge in [0.15, 0.2) is 0 Å². The highest BCUT2D eigenvalue weighted by molar-refractivity contribution is 5.90. The van der Waals surface area contributed by atoms with E-state index in [9.17, 15) is 24.0 Å². The van der Waals surface area contributed by atoms with Crippen LogP contribution in [-0.4, -0.2) is 111 Å². The van der Waals surface area contributed by atoms with E-state index in [2.05, 4.69) is 25.8 Å². The number of urea groups is 1. The minimum Gasteiger partial charge on any atom is -0.444 e. The summed E-state index contributed by atoms with van der Waals surface area (Å²) in [6.07, 6.45) is 0.536. The monoisotopic (exact) mass is 708 g/mol. The molecular formula is C36H52N8O7. The molecule has 0 radical (unpaired) electrons. The first-order chi connectivity index (χ1) is 23.8. The van der Waals surface area contributed by atoms with Crippen molar-refractivity contribution in [2.45, 2.75) is 78.7 Å². The van der Waals surface area contributed by atoms with Gasteiger partial charge in [-0.3, -0.25) is 19.6 Å². The number of carbonyl (C=O) groups is 4. The van der Waals surface area contributed by atoms with E-state index in [1.54, 1.807) is 56.7 Å². The van der Waals surface area contributed by atoms with E-state index in [-0.39, 0.29) is 44.0 Å². The van der Waals surface area contributed by atoms with Gasteiger partial charge in [-0.05, 0) is 96.9 Å². The summed E-state index contributed by atoms with van der Waals surface area (Å²) in [5.41, 5.74) is -1.11. The third kappa shape index (κ3) is 9.99. The van der Waals surface area contributed by atoms with E-state index in [0.717, 1.165) is 25.2 Å². The SMILES string of the molecule is CC(C)(C)OC(=O)NCC1C2CN(Cc3ccc(-n4ccc(NC(=O)N5CCN(C(=O)C(C)(C)NC(=O)OC(C)(C)C)CC5)nc4=O)cc3)CC12. The number of piperidine rings is 1. The van der Waals surface area contributed by atoms with Crippen molar-refractivity contribution in [3.63, 3.8) is 0 Å². The lowest BCUT2D eigenvalue weighted by molar-refractivity contribution is -0.138. The van der Waals surface area contributed by atoms with Crippen LogP contribution >= 0.6 is 0 Å². The van der Waals surface area contributed by atoms with Crippen LogP contribution in [0, 0.1) is 17.8 Å². The maximum absolute atomic E-state index is 13.1. The Bertz CT molecular complexity index is 1660. The molecule has 1 aromatic carbocycles. The Morgan fingerprint density at radius 3 is 1.94 bits per heavy atom. The molecule has 2 atom stereocenters. The van der Waals surface area contributed by atoms with Crippen LogP contribution in [0.15, 0.2) is 41.3 Å². The van der Waals surface area contributed by atoms with Crippen molar-refractivity contribution in [1.82, 2.24) is 34.9 Å². The van der Waals surface area contributed by atoms with Crippen molar-refractivity contribution in [2.75, 3.05) is 51.1 Å². The number of fused-ring (bicyclic) bond motifs is 1. The number of hydrogen-bond acceptors (Lipinski definition) is 9. The maximum atomic E-state index is 13.1. The summed E-state index contributed by atoms with van der Waals surface area (Å²) in [4.78, 5) is 72.9. The fourth-order valence-corrected chi connectivity index (χ4v) is 6.68. The maximum Gasteiger partial charge on any atom is 0.408 e. The number of aromatic nitrogens is 2. The molecule has 0 bridgehead atoms. The zero-order chi connectivity index (χ0) is 37.3. The molecular weight excluding hydrogens is 656 g/mol. The lowest BCUT2D eigenvalue weighted by Gasteiger charge is -2.38. The number of piperazine rings is 1. The first-order valence-corrected chi connectivity index (χ1v) is 17.5. The average molecular weight is 709 g/mol. The van der Waals surface area contributed by atoms with E-state index in [4.69, 9.17) is 9.47 Å². The van der Waals surface area contributed by atoms with Gasteiger partial charge < -0.3 is 29.9 Å². The lowest BCUT2D eigenvalue weighted by atomic mass is 10.0. The normalized spacial score (nSPS) is 20.7. The fourth-order valence-electron chi connectivity index (χ4n) is 6.68. The summed E-state index contributed by atoms with van der Waals surface area (Å²) in [5.74, 6) is 1.52. The Morgan fingerprint density at radius 1 is 0.804 bits per heavy atom. The topological polar surface area (TPSA) is 167 Å². The molecule has 3 N–H and O–H groups in total. The molecule has 2 saturated heterocycles. The smallest absolute Gasteiger partial charge is 0.408 e. The molecule has 278 valence electrons. The highest BCUT2D eigenvalue weighted by Crippen LogP contribution is 2.51. The molecule has 1 aliphatic carbocycles. The largest absolute Gasteiger partial charge is 0.444 e. The van der Waals surface area contributed by atoms with Gasteiger partial charge in [-0.2, -0.15) is 4.98 Å². The van der Waals surface area contributed by atoms with Crippen LogP contribution < -0.4 is 21.6 Å². The first-order valence-electron chi connectivity index (χ1n) is 17.5. The summed E-state index contributed by atoms with van der Waals surface area (Å²) in [6, 6.07) is 8.91. The molecule has 1 aromatic heterocycles. The van der Waals surface area contributed by atoms with Crippen LogP contribution in [-0.2, 0) is 20.8 Å². The standard InChI is InChI=1S/C36H52N8O7/c1-34(2,3)50-32(48)37-19-25-26-21-41(22-27(25)26)20-23-9-11-24(12-10-23)44-14-13-28(39-31(44)47)38-30(46)43-17-15-42(16-18-43)29(45)36(7,8)40-33(49)51-35(4,5)6/h9-14,25-27H,15-22H2,1-8H3,(H,37,48)(H,40,49)(H,38,39,46,47). The number of nitrogens with zero attached hydrogens (tertiary/aromatic N) is 5. The van der Waals surface area contributed by atoms with Gasteiger partial charge in [-0.25, -0.2) is 19.2 Å².